The molecule has 0 aliphatic rings. The van der Waals surface area contributed by atoms with E-state index in [1.54, 1.807) is 5.38 Å². The minimum atomic E-state index is -1.92. The van der Waals surface area contributed by atoms with Crippen molar-refractivity contribution in [2.45, 2.75) is 31.8 Å². The van der Waals surface area contributed by atoms with Gasteiger partial charge in [-0.3, -0.25) is 24.0 Å². The number of ether oxygens (including phenoxy) is 1. The van der Waals surface area contributed by atoms with Gasteiger partial charge >= 0.3 is 5.97 Å². The molecule has 0 aliphatic heterocycles. The van der Waals surface area contributed by atoms with Crippen molar-refractivity contribution in [2.24, 2.45) is 0 Å². The molecule has 3 aromatic rings. The van der Waals surface area contributed by atoms with Crippen molar-refractivity contribution in [3.63, 3.8) is 0 Å². The molecule has 16 heteroatoms. The molecule has 2 atom stereocenters. The van der Waals surface area contributed by atoms with E-state index in [9.17, 15) is 46.6 Å². The van der Waals surface area contributed by atoms with Gasteiger partial charge in [0.05, 0.1) is 6.42 Å². The van der Waals surface area contributed by atoms with Crippen molar-refractivity contribution in [3.8, 4) is 5.75 Å². The lowest BCUT2D eigenvalue weighted by molar-refractivity contribution is -0.140. The number of carboxylic acids is 1. The molecule has 3 N–H and O–H groups in total. The highest BCUT2D eigenvalue weighted by atomic mass is 32.1. The van der Waals surface area contributed by atoms with Gasteiger partial charge in [-0.25, -0.2) is 8.78 Å². The zero-order valence-electron chi connectivity index (χ0n) is 20.5. The number of anilines is 1. The summed E-state index contributed by atoms with van der Waals surface area (Å²) in [7, 11) is 0. The quantitative estimate of drug-likeness (QED) is 0.217. The number of pyridine rings is 1. The summed E-state index contributed by atoms with van der Waals surface area (Å²) in [5, 5.41) is 15.3. The normalized spacial score (nSPS) is 12.3. The smallest absolute Gasteiger partial charge is 0.305 e. The lowest BCUT2D eigenvalue weighted by Crippen LogP contribution is -2.48. The molecule has 0 aliphatic carbocycles. The van der Waals surface area contributed by atoms with Crippen molar-refractivity contribution in [2.75, 3.05) is 11.9 Å². The van der Waals surface area contributed by atoms with Gasteiger partial charge in [0.15, 0.2) is 23.2 Å². The molecule has 2 heterocycles. The number of rotatable bonds is 12. The van der Waals surface area contributed by atoms with Crippen LogP contribution in [0.2, 0.25) is 0 Å². The number of benzene rings is 1. The lowest BCUT2D eigenvalue weighted by atomic mass is 10.1. The van der Waals surface area contributed by atoms with Crippen LogP contribution in [0.1, 0.15) is 36.3 Å². The highest BCUT2D eigenvalue weighted by Crippen LogP contribution is 2.26. The molecule has 40 heavy (non-hydrogen) atoms. The van der Waals surface area contributed by atoms with Crippen LogP contribution in [-0.2, 0) is 14.4 Å². The van der Waals surface area contributed by atoms with Gasteiger partial charge in [-0.1, -0.05) is 6.92 Å². The molecule has 212 valence electrons. The first kappa shape index (κ1) is 29.9. The highest BCUT2D eigenvalue weighted by molar-refractivity contribution is 7.03. The largest absolute Gasteiger partial charge is 0.481 e. The number of halogens is 4. The third-order valence-electron chi connectivity index (χ3n) is 5.43. The molecule has 3 rings (SSSR count). The van der Waals surface area contributed by atoms with Gasteiger partial charge in [-0.05, 0) is 36.2 Å². The molecule has 2 aromatic heterocycles. The Morgan fingerprint density at radius 2 is 1.80 bits per heavy atom. The van der Waals surface area contributed by atoms with Gasteiger partial charge in [-0.15, -0.1) is 0 Å². The van der Waals surface area contributed by atoms with Crippen LogP contribution in [0.4, 0.5) is 23.2 Å². The maximum atomic E-state index is 13.8. The molecule has 0 bridgehead atoms. The number of nitrogens with one attached hydrogen (secondary N) is 2. The van der Waals surface area contributed by atoms with Crippen LogP contribution in [0.5, 0.6) is 5.75 Å². The van der Waals surface area contributed by atoms with E-state index < -0.39 is 83.3 Å². The van der Waals surface area contributed by atoms with Crippen molar-refractivity contribution in [1.82, 2.24) is 14.3 Å². The fourth-order valence-electron chi connectivity index (χ4n) is 3.48. The molecular weight excluding hydrogens is 564 g/mol. The summed E-state index contributed by atoms with van der Waals surface area (Å²) < 4.78 is 63.9. The second-order valence-electron chi connectivity index (χ2n) is 8.11. The van der Waals surface area contributed by atoms with E-state index in [-0.39, 0.29) is 23.9 Å². The van der Waals surface area contributed by atoms with Crippen LogP contribution in [0, 0.1) is 23.3 Å². The molecule has 0 unspecified atom stereocenters. The van der Waals surface area contributed by atoms with E-state index in [1.165, 1.54) is 31.3 Å². The predicted octanol–water partition coefficient (Wildman–Crippen LogP) is 2.67. The highest BCUT2D eigenvalue weighted by Gasteiger charge is 2.30. The maximum absolute atomic E-state index is 13.8. The summed E-state index contributed by atoms with van der Waals surface area (Å²) in [6.45, 7) is 0.252. The number of carbonyl (C=O) groups excluding carboxylic acids is 3. The van der Waals surface area contributed by atoms with Gasteiger partial charge in [0, 0.05) is 17.6 Å². The number of aliphatic carboxylic acids is 1. The Hall–Kier alpha value is -4.60. The van der Waals surface area contributed by atoms with Crippen molar-refractivity contribution in [3.05, 3.63) is 75.2 Å². The summed E-state index contributed by atoms with van der Waals surface area (Å²) in [6, 6.07) is 0.908. The first-order chi connectivity index (χ1) is 18.9. The van der Waals surface area contributed by atoms with Crippen molar-refractivity contribution < 1.29 is 46.6 Å². The number of amides is 2. The first-order valence-electron chi connectivity index (χ1n) is 11.4. The molecule has 11 nitrogen and oxygen atoms in total. The summed E-state index contributed by atoms with van der Waals surface area (Å²) in [5.41, 5.74) is -0.927. The summed E-state index contributed by atoms with van der Waals surface area (Å²) in [4.78, 5) is 62.3. The van der Waals surface area contributed by atoms with Gasteiger partial charge in [-0.2, -0.15) is 13.2 Å². The topological polar surface area (TPSA) is 157 Å². The van der Waals surface area contributed by atoms with E-state index in [0.29, 0.717) is 0 Å². The molecule has 0 spiro atoms. The number of ketones is 1. The molecule has 1 aromatic carbocycles. The van der Waals surface area contributed by atoms with Gasteiger partial charge in [0.25, 0.3) is 11.5 Å². The number of carboxylic acid groups (broad SMARTS) is 1. The lowest BCUT2D eigenvalue weighted by Gasteiger charge is -2.22. The van der Waals surface area contributed by atoms with Crippen LogP contribution >= 0.6 is 11.5 Å². The van der Waals surface area contributed by atoms with E-state index >= 15 is 0 Å². The molecule has 0 saturated carbocycles. The predicted molar refractivity (Wildman–Crippen MR) is 131 cm³/mol. The third kappa shape index (κ3) is 6.88. The van der Waals surface area contributed by atoms with E-state index in [1.807, 2.05) is 0 Å². The minimum absolute atomic E-state index is 0.0291. The summed E-state index contributed by atoms with van der Waals surface area (Å²) in [5.74, 6) is -13.4. The average Bonchev–Trinajstić information content (AvgIpc) is 3.44. The number of nitrogens with zero attached hydrogens (tertiary/aromatic N) is 2. The maximum Gasteiger partial charge on any atom is 0.305 e. The Morgan fingerprint density at radius 3 is 2.38 bits per heavy atom. The molecule has 0 saturated heterocycles. The first-order valence-corrected chi connectivity index (χ1v) is 12.2. The molecule has 0 radical (unpaired) electrons. The number of hydrogen-bond donors (Lipinski definition) is 3. The number of aromatic nitrogens is 2. The van der Waals surface area contributed by atoms with E-state index in [0.717, 1.165) is 16.1 Å². The SMILES string of the molecule is CC[C@@H](C(=O)N[C@@H](CC(=O)O)C(=O)COc1c(F)c(F)cc(F)c1F)n1cccc(NC(=O)c2ccsn2)c1=O. The van der Waals surface area contributed by atoms with Crippen LogP contribution in [0.15, 0.2) is 40.6 Å². The number of Topliss-reactive ketones (excluding diaryl/α,β-unsaturated/α-hetero) is 1. The van der Waals surface area contributed by atoms with E-state index in [4.69, 9.17) is 0 Å². The molecule has 2 amide bonds. The second-order valence-corrected chi connectivity index (χ2v) is 8.77. The van der Waals surface area contributed by atoms with Crippen molar-refractivity contribution >= 4 is 40.8 Å². The fourth-order valence-corrected chi connectivity index (χ4v) is 3.99. The molecule has 0 fully saturated rings. The standard InChI is InChI=1S/C24H20F4N4O7S/c1-2-16(32-6-3-4-14(24(32)38)29-22(36)13-5-7-40-31-13)23(37)30-15(9-18(34)35)17(33)10-39-21-19(27)11(25)8-12(26)20(21)28/h3-8,15-16H,2,9-10H2,1H3,(H,29,36)(H,30,37)(H,34,35)/t15-,16-/m0/s1. The monoisotopic (exact) mass is 584 g/mol. The Balaban J connectivity index is 1.79. The Morgan fingerprint density at radius 1 is 1.12 bits per heavy atom. The van der Waals surface area contributed by atoms with Crippen molar-refractivity contribution in [1.29, 1.82) is 0 Å². The minimum Gasteiger partial charge on any atom is -0.481 e. The van der Waals surface area contributed by atoms with Gasteiger partial charge in [0.1, 0.15) is 30.1 Å². The number of carbonyl (C=O) groups is 4. The summed E-state index contributed by atoms with van der Waals surface area (Å²) in [6.07, 6.45) is 0.208. The van der Waals surface area contributed by atoms with Crippen LogP contribution < -0.4 is 20.9 Å². The summed E-state index contributed by atoms with van der Waals surface area (Å²) >= 11 is 1.02. The fraction of sp³-hybridized carbons (Fsp3) is 0.250. The average molecular weight is 585 g/mol. The zero-order chi connectivity index (χ0) is 29.6. The van der Waals surface area contributed by atoms with Crippen LogP contribution in [0.25, 0.3) is 0 Å². The second kappa shape index (κ2) is 13.0. The zero-order valence-corrected chi connectivity index (χ0v) is 21.3. The van der Waals surface area contributed by atoms with Crippen LogP contribution in [0.3, 0.4) is 0 Å². The Labute approximate surface area is 226 Å². The van der Waals surface area contributed by atoms with E-state index in [2.05, 4.69) is 19.7 Å². The third-order valence-corrected chi connectivity index (χ3v) is 5.99. The van der Waals surface area contributed by atoms with Gasteiger partial charge in [0.2, 0.25) is 17.5 Å². The Kier molecular flexibility index (Phi) is 9.71. The van der Waals surface area contributed by atoms with Gasteiger partial charge < -0.3 is 25.0 Å². The molecular formula is C24H20F4N4O7S. The Bertz CT molecular complexity index is 1470. The number of hydrogen-bond acceptors (Lipinski definition) is 8. The van der Waals surface area contributed by atoms with Crippen LogP contribution in [-0.4, -0.2) is 50.3 Å².